The summed E-state index contributed by atoms with van der Waals surface area (Å²) in [5.41, 5.74) is 3.95. The Morgan fingerprint density at radius 1 is 1.29 bits per heavy atom. The molecule has 0 unspecified atom stereocenters. The number of nitrogens with one attached hydrogen (secondary N) is 1. The molecule has 24 heavy (non-hydrogen) atoms. The molecule has 126 valence electrons. The lowest BCUT2D eigenvalue weighted by Gasteiger charge is -2.22. The Bertz CT molecular complexity index is 795. The van der Waals surface area contributed by atoms with E-state index in [0.717, 1.165) is 5.56 Å². The van der Waals surface area contributed by atoms with E-state index in [2.05, 4.69) is 37.4 Å². The zero-order chi connectivity index (χ0) is 17.9. The van der Waals surface area contributed by atoms with Crippen molar-refractivity contribution in [3.8, 4) is 0 Å². The van der Waals surface area contributed by atoms with Crippen LogP contribution in [0, 0.1) is 24.0 Å². The molecule has 0 aliphatic rings. The molecule has 0 atom stereocenters. The number of rotatable bonds is 4. The minimum Gasteiger partial charge on any atom is -0.348 e. The predicted octanol–water partition coefficient (Wildman–Crippen LogP) is 4.69. The highest BCUT2D eigenvalue weighted by Gasteiger charge is 2.13. The van der Waals surface area contributed by atoms with Crippen molar-refractivity contribution >= 4 is 40.3 Å². The monoisotopic (exact) mass is 363 g/mol. The van der Waals surface area contributed by atoms with Crippen molar-refractivity contribution in [2.24, 2.45) is 0 Å². The Balaban J connectivity index is 2.11. The van der Waals surface area contributed by atoms with Crippen LogP contribution < -0.4 is 5.32 Å². The van der Waals surface area contributed by atoms with Gasteiger partial charge in [0.25, 0.3) is 5.69 Å². The van der Waals surface area contributed by atoms with Crippen molar-refractivity contribution in [2.75, 3.05) is 12.4 Å². The smallest absolute Gasteiger partial charge is 0.271 e. The van der Waals surface area contributed by atoms with E-state index in [-0.39, 0.29) is 5.69 Å². The Labute approximate surface area is 151 Å². The predicted molar refractivity (Wildman–Crippen MR) is 102 cm³/mol. The van der Waals surface area contributed by atoms with Crippen LogP contribution in [0.1, 0.15) is 16.7 Å². The zero-order valence-electron chi connectivity index (χ0n) is 13.7. The fourth-order valence-electron chi connectivity index (χ4n) is 2.28. The van der Waals surface area contributed by atoms with Crippen LogP contribution in [0.3, 0.4) is 0 Å². The number of thiocarbonyl (C=S) groups is 1. The van der Waals surface area contributed by atoms with Gasteiger partial charge in [-0.2, -0.15) is 0 Å². The van der Waals surface area contributed by atoms with Crippen LogP contribution in [0.4, 0.5) is 11.4 Å². The third-order valence-electron chi connectivity index (χ3n) is 3.65. The van der Waals surface area contributed by atoms with E-state index in [0.29, 0.717) is 22.4 Å². The lowest BCUT2D eigenvalue weighted by molar-refractivity contribution is -0.384. The molecule has 0 aliphatic heterocycles. The standard InChI is InChI=1S/C17H18ClN3O2S/c1-11-4-5-13(12(2)8-11)10-20(3)17(24)19-16-9-14(21(22)23)6-7-15(16)18/h4-9H,10H2,1-3H3,(H,19,24). The molecule has 0 amide bonds. The lowest BCUT2D eigenvalue weighted by Crippen LogP contribution is -2.31. The summed E-state index contributed by atoms with van der Waals surface area (Å²) in [7, 11) is 1.86. The minimum atomic E-state index is -0.468. The summed E-state index contributed by atoms with van der Waals surface area (Å²) in [6.45, 7) is 4.74. The summed E-state index contributed by atoms with van der Waals surface area (Å²) in [6.07, 6.45) is 0. The molecule has 0 radical (unpaired) electrons. The summed E-state index contributed by atoms with van der Waals surface area (Å²) >= 11 is 11.5. The number of nitrogens with zero attached hydrogens (tertiary/aromatic N) is 2. The van der Waals surface area contributed by atoms with E-state index in [9.17, 15) is 10.1 Å². The van der Waals surface area contributed by atoms with Crippen LogP contribution in [0.25, 0.3) is 0 Å². The van der Waals surface area contributed by atoms with E-state index >= 15 is 0 Å². The van der Waals surface area contributed by atoms with E-state index in [4.69, 9.17) is 23.8 Å². The van der Waals surface area contributed by atoms with Gasteiger partial charge in [0.1, 0.15) is 0 Å². The van der Waals surface area contributed by atoms with Gasteiger partial charge >= 0.3 is 0 Å². The van der Waals surface area contributed by atoms with Crippen molar-refractivity contribution in [2.45, 2.75) is 20.4 Å². The van der Waals surface area contributed by atoms with E-state index in [1.165, 1.54) is 29.3 Å². The molecule has 5 nitrogen and oxygen atoms in total. The second-order valence-electron chi connectivity index (χ2n) is 5.64. The van der Waals surface area contributed by atoms with Crippen molar-refractivity contribution in [3.63, 3.8) is 0 Å². The van der Waals surface area contributed by atoms with Crippen LogP contribution in [-0.2, 0) is 6.54 Å². The average Bonchev–Trinajstić information content (AvgIpc) is 2.51. The van der Waals surface area contributed by atoms with Gasteiger partial charge < -0.3 is 10.2 Å². The molecule has 1 N–H and O–H groups in total. The first kappa shape index (κ1) is 18.2. The first-order valence-electron chi connectivity index (χ1n) is 7.30. The number of nitro groups is 1. The second kappa shape index (κ2) is 7.59. The third-order valence-corrected chi connectivity index (χ3v) is 4.40. The third kappa shape index (κ3) is 4.43. The number of nitro benzene ring substituents is 1. The molecular weight excluding hydrogens is 346 g/mol. The molecule has 2 aromatic carbocycles. The van der Waals surface area contributed by atoms with Gasteiger partial charge in [0.05, 0.1) is 15.6 Å². The largest absolute Gasteiger partial charge is 0.348 e. The molecule has 0 fully saturated rings. The number of anilines is 1. The zero-order valence-corrected chi connectivity index (χ0v) is 15.2. The van der Waals surface area contributed by atoms with Crippen LogP contribution in [0.2, 0.25) is 5.02 Å². The van der Waals surface area contributed by atoms with Gasteiger partial charge in [0.15, 0.2) is 5.11 Å². The van der Waals surface area contributed by atoms with Crippen LogP contribution in [-0.4, -0.2) is 22.0 Å². The quantitative estimate of drug-likeness (QED) is 0.485. The molecule has 2 rings (SSSR count). The second-order valence-corrected chi connectivity index (χ2v) is 6.43. The van der Waals surface area contributed by atoms with E-state index in [1.807, 2.05) is 11.9 Å². The first-order valence-corrected chi connectivity index (χ1v) is 8.08. The van der Waals surface area contributed by atoms with Gasteiger partial charge in [0.2, 0.25) is 0 Å². The van der Waals surface area contributed by atoms with Crippen molar-refractivity contribution in [1.29, 1.82) is 0 Å². The Kier molecular flexibility index (Phi) is 5.75. The molecule has 0 aromatic heterocycles. The van der Waals surface area contributed by atoms with Gasteiger partial charge in [0, 0.05) is 25.7 Å². The minimum absolute atomic E-state index is 0.0401. The summed E-state index contributed by atoms with van der Waals surface area (Å²) in [5.74, 6) is 0. The number of benzene rings is 2. The maximum atomic E-state index is 10.9. The maximum Gasteiger partial charge on any atom is 0.271 e. The number of hydrogen-bond donors (Lipinski definition) is 1. The van der Waals surface area contributed by atoms with Crippen molar-refractivity contribution in [3.05, 3.63) is 68.2 Å². The Morgan fingerprint density at radius 2 is 2.00 bits per heavy atom. The van der Waals surface area contributed by atoms with Crippen molar-refractivity contribution < 1.29 is 4.92 Å². The van der Waals surface area contributed by atoms with E-state index < -0.39 is 4.92 Å². The highest BCUT2D eigenvalue weighted by Crippen LogP contribution is 2.27. The molecule has 0 spiro atoms. The molecular formula is C17H18ClN3O2S. The van der Waals surface area contributed by atoms with Gasteiger partial charge in [-0.25, -0.2) is 0 Å². The van der Waals surface area contributed by atoms with Gasteiger partial charge in [-0.1, -0.05) is 35.4 Å². The molecule has 0 bridgehead atoms. The van der Waals surface area contributed by atoms with Gasteiger partial charge in [-0.05, 0) is 43.3 Å². The number of hydrogen-bond acceptors (Lipinski definition) is 3. The van der Waals surface area contributed by atoms with Crippen molar-refractivity contribution in [1.82, 2.24) is 4.90 Å². The first-order chi connectivity index (χ1) is 11.3. The molecule has 7 heteroatoms. The summed E-state index contributed by atoms with van der Waals surface area (Å²) in [6, 6.07) is 10.5. The van der Waals surface area contributed by atoms with E-state index in [1.54, 1.807) is 0 Å². The molecule has 0 heterocycles. The maximum absolute atomic E-state index is 10.9. The number of halogens is 1. The fourth-order valence-corrected chi connectivity index (χ4v) is 2.62. The number of aryl methyl sites for hydroxylation is 2. The number of non-ortho nitro benzene ring substituents is 1. The van der Waals surface area contributed by atoms with Crippen LogP contribution in [0.5, 0.6) is 0 Å². The summed E-state index contributed by atoms with van der Waals surface area (Å²) in [4.78, 5) is 12.3. The normalized spacial score (nSPS) is 10.3. The van der Waals surface area contributed by atoms with Gasteiger partial charge in [-0.15, -0.1) is 0 Å². The highest BCUT2D eigenvalue weighted by atomic mass is 35.5. The topological polar surface area (TPSA) is 58.4 Å². The Hall–Kier alpha value is -2.18. The van der Waals surface area contributed by atoms with Gasteiger partial charge in [-0.3, -0.25) is 10.1 Å². The SMILES string of the molecule is Cc1ccc(CN(C)C(=S)Nc2cc([N+](=O)[O-])ccc2Cl)c(C)c1. The van der Waals surface area contributed by atoms with Crippen LogP contribution in [0.15, 0.2) is 36.4 Å². The molecule has 0 saturated heterocycles. The highest BCUT2D eigenvalue weighted by molar-refractivity contribution is 7.80. The molecule has 2 aromatic rings. The summed E-state index contributed by atoms with van der Waals surface area (Å²) < 4.78 is 0. The molecule has 0 aliphatic carbocycles. The lowest BCUT2D eigenvalue weighted by atomic mass is 10.1. The summed E-state index contributed by atoms with van der Waals surface area (Å²) in [5, 5.41) is 14.7. The molecule has 0 saturated carbocycles. The average molecular weight is 364 g/mol. The van der Waals surface area contributed by atoms with Crippen LogP contribution >= 0.6 is 23.8 Å². The fraction of sp³-hybridized carbons (Fsp3) is 0.235. The Morgan fingerprint density at radius 3 is 2.62 bits per heavy atom.